The number of fused-ring (bicyclic) bond motifs is 2. The van der Waals surface area contributed by atoms with Crippen molar-refractivity contribution in [1.29, 1.82) is 0 Å². The molecule has 2 atom stereocenters. The number of pyridine rings is 1. The number of urea groups is 1. The van der Waals surface area contributed by atoms with Gasteiger partial charge in [-0.15, -0.1) is 0 Å². The van der Waals surface area contributed by atoms with Crippen molar-refractivity contribution >= 4 is 17.6 Å². The van der Waals surface area contributed by atoms with Gasteiger partial charge in [-0.05, 0) is 36.1 Å². The Morgan fingerprint density at radius 3 is 2.86 bits per heavy atom. The molecule has 1 spiro atoms. The molecule has 3 heterocycles. The Bertz CT molecular complexity index is 902. The first-order valence-electron chi connectivity index (χ1n) is 9.87. The first-order valence-corrected chi connectivity index (χ1v) is 9.87. The van der Waals surface area contributed by atoms with Gasteiger partial charge in [-0.25, -0.2) is 4.79 Å². The standard InChI is InChI=1S/C22H26N4O3/c1-25(2)21(28)26-14-22(17-7-3-4-8-18(17)26)12-19(29-15-22)20(27)24-11-9-16-6-5-10-23-13-16/h3-8,10,13,19H,9,11-12,14-15H2,1-2H3,(H,24,27)/t19-,22+/m1/s1. The molecule has 152 valence electrons. The maximum Gasteiger partial charge on any atom is 0.323 e. The van der Waals surface area contributed by atoms with E-state index in [1.807, 2.05) is 36.4 Å². The molecule has 0 saturated carbocycles. The molecule has 3 amide bonds. The number of rotatable bonds is 4. The normalized spacial score (nSPS) is 22.6. The van der Waals surface area contributed by atoms with Crippen molar-refractivity contribution in [3.8, 4) is 0 Å². The number of benzene rings is 1. The van der Waals surface area contributed by atoms with Crippen LogP contribution in [-0.2, 0) is 21.4 Å². The molecule has 2 aromatic rings. The third kappa shape index (κ3) is 3.70. The summed E-state index contributed by atoms with van der Waals surface area (Å²) in [5.41, 5.74) is 2.74. The zero-order valence-electron chi connectivity index (χ0n) is 16.8. The van der Waals surface area contributed by atoms with E-state index in [9.17, 15) is 9.59 Å². The van der Waals surface area contributed by atoms with E-state index >= 15 is 0 Å². The van der Waals surface area contributed by atoms with Crippen molar-refractivity contribution in [2.24, 2.45) is 0 Å². The molecule has 2 aliphatic heterocycles. The van der Waals surface area contributed by atoms with Crippen molar-refractivity contribution in [2.75, 3.05) is 38.7 Å². The Balaban J connectivity index is 1.43. The van der Waals surface area contributed by atoms with Gasteiger partial charge in [0.05, 0.1) is 6.61 Å². The number of nitrogens with one attached hydrogen (secondary N) is 1. The van der Waals surface area contributed by atoms with E-state index in [2.05, 4.69) is 10.3 Å². The van der Waals surface area contributed by atoms with Crippen LogP contribution in [0, 0.1) is 0 Å². The summed E-state index contributed by atoms with van der Waals surface area (Å²) in [6.45, 7) is 1.50. The molecule has 7 nitrogen and oxygen atoms in total. The minimum Gasteiger partial charge on any atom is -0.367 e. The van der Waals surface area contributed by atoms with E-state index in [0.29, 0.717) is 26.1 Å². The Kier molecular flexibility index (Phi) is 5.24. The number of aromatic nitrogens is 1. The van der Waals surface area contributed by atoms with Crippen molar-refractivity contribution in [1.82, 2.24) is 15.2 Å². The van der Waals surface area contributed by atoms with Crippen LogP contribution < -0.4 is 10.2 Å². The van der Waals surface area contributed by atoms with Gasteiger partial charge in [-0.1, -0.05) is 24.3 Å². The number of anilines is 1. The van der Waals surface area contributed by atoms with Crippen LogP contribution in [0.1, 0.15) is 17.5 Å². The summed E-state index contributed by atoms with van der Waals surface area (Å²) in [6.07, 6.45) is 4.33. The Hall–Kier alpha value is -2.93. The second kappa shape index (κ2) is 7.83. The van der Waals surface area contributed by atoms with Gasteiger partial charge in [0.1, 0.15) is 6.10 Å². The van der Waals surface area contributed by atoms with E-state index in [1.165, 1.54) is 0 Å². The monoisotopic (exact) mass is 394 g/mol. The fourth-order valence-electron chi connectivity index (χ4n) is 4.23. The molecule has 4 rings (SSSR count). The highest BCUT2D eigenvalue weighted by atomic mass is 16.5. The summed E-state index contributed by atoms with van der Waals surface area (Å²) >= 11 is 0. The van der Waals surface area contributed by atoms with Gasteiger partial charge in [0.2, 0.25) is 5.91 Å². The van der Waals surface area contributed by atoms with E-state index in [0.717, 1.165) is 23.2 Å². The summed E-state index contributed by atoms with van der Waals surface area (Å²) in [5, 5.41) is 2.98. The second-order valence-electron chi connectivity index (χ2n) is 7.97. The Morgan fingerprint density at radius 1 is 1.28 bits per heavy atom. The second-order valence-corrected chi connectivity index (χ2v) is 7.97. The van der Waals surface area contributed by atoms with Gasteiger partial charge in [0.15, 0.2) is 0 Å². The largest absolute Gasteiger partial charge is 0.367 e. The van der Waals surface area contributed by atoms with E-state index in [1.54, 1.807) is 36.3 Å². The highest BCUT2D eigenvalue weighted by Crippen LogP contribution is 2.47. The predicted molar refractivity (Wildman–Crippen MR) is 110 cm³/mol. The Labute approximate surface area is 170 Å². The quantitative estimate of drug-likeness (QED) is 0.860. The molecule has 1 saturated heterocycles. The van der Waals surface area contributed by atoms with Gasteiger partial charge >= 0.3 is 6.03 Å². The van der Waals surface area contributed by atoms with Crippen LogP contribution in [0.5, 0.6) is 0 Å². The molecule has 1 N–H and O–H groups in total. The zero-order valence-corrected chi connectivity index (χ0v) is 16.8. The molecule has 2 aliphatic rings. The molecule has 1 aromatic carbocycles. The molecule has 7 heteroatoms. The van der Waals surface area contributed by atoms with Crippen LogP contribution >= 0.6 is 0 Å². The van der Waals surface area contributed by atoms with E-state index < -0.39 is 6.10 Å². The minimum atomic E-state index is -0.508. The molecule has 29 heavy (non-hydrogen) atoms. The SMILES string of the molecule is CN(C)C(=O)N1C[C@@]2(CO[C@@H](C(=O)NCCc3cccnc3)C2)c2ccccc21. The molecule has 0 aliphatic carbocycles. The van der Waals surface area contributed by atoms with Crippen molar-refractivity contribution in [3.05, 3.63) is 59.9 Å². The minimum absolute atomic E-state index is 0.0568. The average molecular weight is 394 g/mol. The third-order valence-electron chi connectivity index (χ3n) is 5.71. The summed E-state index contributed by atoms with van der Waals surface area (Å²) in [4.78, 5) is 32.8. The van der Waals surface area contributed by atoms with Crippen LogP contribution in [-0.4, -0.2) is 61.7 Å². The van der Waals surface area contributed by atoms with Crippen molar-refractivity contribution in [3.63, 3.8) is 0 Å². The van der Waals surface area contributed by atoms with Crippen molar-refractivity contribution < 1.29 is 14.3 Å². The zero-order chi connectivity index (χ0) is 20.4. The summed E-state index contributed by atoms with van der Waals surface area (Å²) in [7, 11) is 3.50. The molecule has 0 radical (unpaired) electrons. The number of carbonyl (C=O) groups excluding carboxylic acids is 2. The predicted octanol–water partition coefficient (Wildman–Crippen LogP) is 1.97. The van der Waals surface area contributed by atoms with Crippen LogP contribution in [0.2, 0.25) is 0 Å². The summed E-state index contributed by atoms with van der Waals surface area (Å²) < 4.78 is 5.92. The number of amides is 3. The van der Waals surface area contributed by atoms with Crippen LogP contribution in [0.25, 0.3) is 0 Å². The smallest absolute Gasteiger partial charge is 0.323 e. The highest BCUT2D eigenvalue weighted by molar-refractivity contribution is 5.95. The van der Waals surface area contributed by atoms with E-state index in [-0.39, 0.29) is 17.4 Å². The fourth-order valence-corrected chi connectivity index (χ4v) is 4.23. The number of carbonyl (C=O) groups is 2. The number of hydrogen-bond donors (Lipinski definition) is 1. The summed E-state index contributed by atoms with van der Waals surface area (Å²) in [5.74, 6) is -0.0966. The maximum absolute atomic E-state index is 12.7. The van der Waals surface area contributed by atoms with E-state index in [4.69, 9.17) is 4.74 Å². The number of ether oxygens (including phenoxy) is 1. The lowest BCUT2D eigenvalue weighted by Crippen LogP contribution is -2.43. The van der Waals surface area contributed by atoms with Crippen LogP contribution in [0.15, 0.2) is 48.8 Å². The Morgan fingerprint density at radius 2 is 2.10 bits per heavy atom. The first kappa shape index (κ1) is 19.4. The molecule has 0 unspecified atom stereocenters. The molecule has 1 fully saturated rings. The summed E-state index contributed by atoms with van der Waals surface area (Å²) in [6, 6.07) is 11.7. The topological polar surface area (TPSA) is 74.8 Å². The van der Waals surface area contributed by atoms with Crippen LogP contribution in [0.4, 0.5) is 10.5 Å². The molecule has 1 aromatic heterocycles. The average Bonchev–Trinajstić information content (AvgIpc) is 3.31. The van der Waals surface area contributed by atoms with Gasteiger partial charge < -0.3 is 15.0 Å². The van der Waals surface area contributed by atoms with Gasteiger partial charge in [-0.2, -0.15) is 0 Å². The van der Waals surface area contributed by atoms with Gasteiger partial charge in [0, 0.05) is 50.7 Å². The number of nitrogens with zero attached hydrogens (tertiary/aromatic N) is 3. The van der Waals surface area contributed by atoms with Crippen LogP contribution in [0.3, 0.4) is 0 Å². The number of hydrogen-bond acceptors (Lipinski definition) is 4. The van der Waals surface area contributed by atoms with Gasteiger partial charge in [-0.3, -0.25) is 14.7 Å². The lowest BCUT2D eigenvalue weighted by molar-refractivity contribution is -0.129. The van der Waals surface area contributed by atoms with Crippen molar-refractivity contribution in [2.45, 2.75) is 24.4 Å². The molecular weight excluding hydrogens is 368 g/mol. The number of para-hydroxylation sites is 1. The first-order chi connectivity index (χ1) is 14.0. The lowest BCUT2D eigenvalue weighted by Gasteiger charge is -2.25. The van der Waals surface area contributed by atoms with Gasteiger partial charge in [0.25, 0.3) is 0 Å². The lowest BCUT2D eigenvalue weighted by atomic mass is 9.80. The molecular formula is C22H26N4O3. The fraction of sp³-hybridized carbons (Fsp3) is 0.409. The maximum atomic E-state index is 12.7. The molecule has 0 bridgehead atoms. The third-order valence-corrected chi connectivity index (χ3v) is 5.71. The highest BCUT2D eigenvalue weighted by Gasteiger charge is 2.51.